The summed E-state index contributed by atoms with van der Waals surface area (Å²) in [5, 5.41) is 0. The van der Waals surface area contributed by atoms with Crippen LogP contribution in [0.2, 0.25) is 0 Å². The van der Waals surface area contributed by atoms with Crippen molar-refractivity contribution in [3.05, 3.63) is 57.5 Å². The number of pyridine rings is 1. The number of hydrogen-bond donors (Lipinski definition) is 0. The van der Waals surface area contributed by atoms with Crippen molar-refractivity contribution in [3.8, 4) is 11.5 Å². The van der Waals surface area contributed by atoms with Gasteiger partial charge in [-0.2, -0.15) is 20.5 Å². The third-order valence-corrected chi connectivity index (χ3v) is 5.38. The highest BCUT2D eigenvalue weighted by molar-refractivity contribution is 7.99. The van der Waals surface area contributed by atoms with Crippen molar-refractivity contribution in [1.29, 1.82) is 0 Å². The van der Waals surface area contributed by atoms with Crippen molar-refractivity contribution < 1.29 is 18.3 Å². The number of hydrogen-bond acceptors (Lipinski definition) is 4. The topological polar surface area (TPSA) is 40.5 Å². The summed E-state index contributed by atoms with van der Waals surface area (Å²) >= 11 is 1.78. The Balaban J connectivity index is 1.88. The minimum absolute atomic E-state index is 0.00212. The Morgan fingerprint density at radius 1 is 1.19 bits per heavy atom. The molecule has 1 aromatic heterocycles. The number of benzene rings is 1. The predicted octanol–water partition coefficient (Wildman–Crippen LogP) is 4.58. The molecule has 0 aliphatic carbocycles. The highest BCUT2D eigenvalue weighted by Gasteiger charge is 2.20. The number of rotatable bonds is 6. The third kappa shape index (κ3) is 5.13. The first-order valence-electron chi connectivity index (χ1n) is 8.63. The molecule has 0 spiro atoms. The summed E-state index contributed by atoms with van der Waals surface area (Å²) in [6, 6.07) is 8.00. The Morgan fingerprint density at radius 2 is 1.93 bits per heavy atom. The SMILES string of the molecule is Cc1cc(=O)cc(C)n1/C=C/c1ccc(OC(F)F)c(OC2CCSC2)c1. The predicted molar refractivity (Wildman–Crippen MR) is 105 cm³/mol. The van der Waals surface area contributed by atoms with E-state index in [1.54, 1.807) is 36.0 Å². The summed E-state index contributed by atoms with van der Waals surface area (Å²) in [5.41, 5.74) is 2.38. The van der Waals surface area contributed by atoms with Crippen LogP contribution in [-0.4, -0.2) is 28.8 Å². The Hall–Kier alpha value is -2.28. The van der Waals surface area contributed by atoms with Crippen LogP contribution in [0.3, 0.4) is 0 Å². The molecule has 0 N–H and O–H groups in total. The number of thioether (sulfide) groups is 1. The van der Waals surface area contributed by atoms with Gasteiger partial charge in [0, 0.05) is 35.5 Å². The van der Waals surface area contributed by atoms with E-state index >= 15 is 0 Å². The van der Waals surface area contributed by atoms with E-state index in [1.807, 2.05) is 30.7 Å². The first kappa shape index (κ1) is 19.5. The van der Waals surface area contributed by atoms with Gasteiger partial charge in [0.05, 0.1) is 0 Å². The van der Waals surface area contributed by atoms with Crippen LogP contribution in [-0.2, 0) is 0 Å². The molecule has 2 heterocycles. The molecule has 4 nitrogen and oxygen atoms in total. The van der Waals surface area contributed by atoms with Crippen LogP contribution in [0.25, 0.3) is 12.3 Å². The van der Waals surface area contributed by atoms with Crippen molar-refractivity contribution in [2.75, 3.05) is 11.5 Å². The monoisotopic (exact) mass is 393 g/mol. The maximum atomic E-state index is 12.7. The fourth-order valence-corrected chi connectivity index (χ4v) is 4.06. The highest BCUT2D eigenvalue weighted by Crippen LogP contribution is 2.33. The van der Waals surface area contributed by atoms with E-state index in [0.717, 1.165) is 34.9 Å². The van der Waals surface area contributed by atoms with Gasteiger partial charge in [-0.25, -0.2) is 0 Å². The molecule has 3 rings (SSSR count). The lowest BCUT2D eigenvalue weighted by Gasteiger charge is -2.17. The minimum Gasteiger partial charge on any atom is -0.486 e. The van der Waals surface area contributed by atoms with E-state index in [-0.39, 0.29) is 17.3 Å². The van der Waals surface area contributed by atoms with Crippen molar-refractivity contribution in [3.63, 3.8) is 0 Å². The van der Waals surface area contributed by atoms with Gasteiger partial charge in [0.25, 0.3) is 0 Å². The van der Waals surface area contributed by atoms with Crippen LogP contribution < -0.4 is 14.9 Å². The molecule has 1 aliphatic heterocycles. The molecule has 1 aromatic carbocycles. The van der Waals surface area contributed by atoms with Crippen LogP contribution in [0, 0.1) is 13.8 Å². The van der Waals surface area contributed by atoms with Crippen LogP contribution in [0.1, 0.15) is 23.4 Å². The van der Waals surface area contributed by atoms with E-state index < -0.39 is 6.61 Å². The Labute approximate surface area is 160 Å². The summed E-state index contributed by atoms with van der Waals surface area (Å²) < 4.78 is 37.7. The molecule has 0 bridgehead atoms. The maximum absolute atomic E-state index is 12.7. The summed E-state index contributed by atoms with van der Waals surface area (Å²) in [6.45, 7) is 0.799. The first-order valence-corrected chi connectivity index (χ1v) is 9.79. The van der Waals surface area contributed by atoms with Crippen LogP contribution in [0.4, 0.5) is 8.78 Å². The Kier molecular flexibility index (Phi) is 6.21. The number of aryl methyl sites for hydroxylation is 2. The molecular formula is C20H21F2NO3S. The Morgan fingerprint density at radius 3 is 2.56 bits per heavy atom. The second kappa shape index (κ2) is 8.61. The van der Waals surface area contributed by atoms with Gasteiger partial charge in [-0.1, -0.05) is 6.07 Å². The standard InChI is InChI=1S/C20H21F2NO3S/c1-13-9-16(24)10-14(2)23(13)7-5-15-3-4-18(26-20(21)22)19(11-15)25-17-6-8-27-12-17/h3-5,7,9-11,17,20H,6,8,12H2,1-2H3/b7-5+. The fourth-order valence-electron chi connectivity index (χ4n) is 2.97. The molecule has 0 radical (unpaired) electrons. The minimum atomic E-state index is -2.90. The lowest BCUT2D eigenvalue weighted by molar-refractivity contribution is -0.0519. The summed E-state index contributed by atoms with van der Waals surface area (Å²) in [4.78, 5) is 11.5. The molecule has 7 heteroatoms. The molecule has 1 saturated heterocycles. The zero-order valence-electron chi connectivity index (χ0n) is 15.2. The number of halogens is 2. The second-order valence-corrected chi connectivity index (χ2v) is 7.50. The van der Waals surface area contributed by atoms with E-state index in [1.165, 1.54) is 6.07 Å². The summed E-state index contributed by atoms with van der Waals surface area (Å²) in [5.74, 6) is 2.19. The summed E-state index contributed by atoms with van der Waals surface area (Å²) in [6.07, 6.45) is 4.56. The maximum Gasteiger partial charge on any atom is 0.387 e. The largest absolute Gasteiger partial charge is 0.486 e. The van der Waals surface area contributed by atoms with Crippen molar-refractivity contribution in [1.82, 2.24) is 4.57 Å². The van der Waals surface area contributed by atoms with Crippen LogP contribution in [0.5, 0.6) is 11.5 Å². The Bertz CT molecular complexity index is 863. The van der Waals surface area contributed by atoms with E-state index in [0.29, 0.717) is 5.75 Å². The molecule has 27 heavy (non-hydrogen) atoms. The molecular weight excluding hydrogens is 372 g/mol. The first-order chi connectivity index (χ1) is 12.9. The molecule has 2 aromatic rings. The highest BCUT2D eigenvalue weighted by atomic mass is 32.2. The van der Waals surface area contributed by atoms with Gasteiger partial charge < -0.3 is 14.0 Å². The molecule has 1 fully saturated rings. The van der Waals surface area contributed by atoms with Gasteiger partial charge in [0.1, 0.15) is 6.10 Å². The van der Waals surface area contributed by atoms with Gasteiger partial charge in [0.2, 0.25) is 0 Å². The zero-order chi connectivity index (χ0) is 19.4. The molecule has 1 atom stereocenters. The number of nitrogens with zero attached hydrogens (tertiary/aromatic N) is 1. The molecule has 0 saturated carbocycles. The van der Waals surface area contributed by atoms with E-state index in [4.69, 9.17) is 4.74 Å². The van der Waals surface area contributed by atoms with Crippen molar-refractivity contribution in [2.45, 2.75) is 33.0 Å². The molecule has 144 valence electrons. The quantitative estimate of drug-likeness (QED) is 0.720. The lowest BCUT2D eigenvalue weighted by Crippen LogP contribution is -2.16. The second-order valence-electron chi connectivity index (χ2n) is 6.35. The third-order valence-electron chi connectivity index (χ3n) is 4.24. The van der Waals surface area contributed by atoms with Crippen LogP contribution in [0.15, 0.2) is 35.1 Å². The van der Waals surface area contributed by atoms with E-state index in [2.05, 4.69) is 4.74 Å². The molecule has 1 unspecified atom stereocenters. The normalized spacial score (nSPS) is 17.0. The number of aromatic nitrogens is 1. The van der Waals surface area contributed by atoms with Crippen molar-refractivity contribution >= 4 is 24.0 Å². The lowest BCUT2D eigenvalue weighted by atomic mass is 10.2. The van der Waals surface area contributed by atoms with Gasteiger partial charge in [-0.3, -0.25) is 4.79 Å². The zero-order valence-corrected chi connectivity index (χ0v) is 16.0. The van der Waals surface area contributed by atoms with E-state index in [9.17, 15) is 13.6 Å². The fraction of sp³-hybridized carbons (Fsp3) is 0.350. The van der Waals surface area contributed by atoms with Gasteiger partial charge in [-0.05, 0) is 49.8 Å². The molecule has 0 amide bonds. The van der Waals surface area contributed by atoms with Crippen LogP contribution >= 0.6 is 11.8 Å². The average molecular weight is 393 g/mol. The molecule has 1 aliphatic rings. The van der Waals surface area contributed by atoms with Gasteiger partial charge in [0.15, 0.2) is 16.9 Å². The average Bonchev–Trinajstić information content (AvgIpc) is 3.08. The number of ether oxygens (including phenoxy) is 2. The smallest absolute Gasteiger partial charge is 0.387 e. The van der Waals surface area contributed by atoms with Gasteiger partial charge >= 0.3 is 6.61 Å². The number of alkyl halides is 2. The van der Waals surface area contributed by atoms with Crippen molar-refractivity contribution in [2.24, 2.45) is 0 Å². The summed E-state index contributed by atoms with van der Waals surface area (Å²) in [7, 11) is 0. The van der Waals surface area contributed by atoms with Gasteiger partial charge in [-0.15, -0.1) is 0 Å².